The van der Waals surface area contributed by atoms with Crippen molar-refractivity contribution in [2.75, 3.05) is 5.75 Å². The average molecular weight is 441 g/mol. The second-order valence-electron chi connectivity index (χ2n) is 7.45. The molecule has 4 rings (SSSR count). The van der Waals surface area contributed by atoms with Gasteiger partial charge in [0.15, 0.2) is 5.78 Å². The molecule has 0 aliphatic carbocycles. The third-order valence-electron chi connectivity index (χ3n) is 5.36. The van der Waals surface area contributed by atoms with E-state index in [0.717, 1.165) is 22.4 Å². The second-order valence-corrected chi connectivity index (χ2v) is 8.42. The maximum Gasteiger partial charge on any atom is 0.347 e. The molecule has 0 unspecified atom stereocenters. The molecule has 0 amide bonds. The van der Waals surface area contributed by atoms with E-state index in [-0.39, 0.29) is 17.1 Å². The molecule has 4 aromatic rings. The minimum absolute atomic E-state index is 0.00356. The fraction of sp³-hybridized carbons (Fsp3) is 0.154. The number of aromatic nitrogens is 1. The fourth-order valence-corrected chi connectivity index (χ4v) is 4.59. The number of para-hydroxylation sites is 1. The first kappa shape index (κ1) is 21.5. The van der Waals surface area contributed by atoms with Gasteiger partial charge in [-0.25, -0.2) is 9.78 Å². The minimum Gasteiger partial charge on any atom is -0.422 e. The Morgan fingerprint density at radius 3 is 2.56 bits per heavy atom. The number of benzene rings is 2. The van der Waals surface area contributed by atoms with Gasteiger partial charge in [-0.1, -0.05) is 60.3 Å². The van der Waals surface area contributed by atoms with Crippen LogP contribution in [0.4, 0.5) is 0 Å². The molecule has 5 nitrogen and oxygen atoms in total. The van der Waals surface area contributed by atoms with Crippen LogP contribution in [0.15, 0.2) is 74.9 Å². The van der Waals surface area contributed by atoms with Crippen LogP contribution in [0.3, 0.4) is 0 Å². The summed E-state index contributed by atoms with van der Waals surface area (Å²) >= 11 is 1.17. The lowest BCUT2D eigenvalue weighted by Crippen LogP contribution is -2.16. The lowest BCUT2D eigenvalue weighted by molar-refractivity contribution is 0.101. The number of thioether (sulfide) groups is 1. The van der Waals surface area contributed by atoms with Gasteiger partial charge in [-0.05, 0) is 49.1 Å². The molecule has 0 N–H and O–H groups in total. The normalized spacial score (nSPS) is 10.8. The standard InChI is InChI=1S/C26H20N2O3S/c1-16-20(12-18-8-4-3-5-9-18)17(2)28-25(22(16)14-27)32-15-23(29)21-13-19-10-6-7-11-24(19)31-26(21)30/h3-11,13H,12,15H2,1-2H3. The minimum atomic E-state index is -0.659. The summed E-state index contributed by atoms with van der Waals surface area (Å²) in [5.74, 6) is -0.370. The summed E-state index contributed by atoms with van der Waals surface area (Å²) in [5, 5.41) is 11.0. The van der Waals surface area contributed by atoms with Crippen molar-refractivity contribution in [3.63, 3.8) is 0 Å². The fourth-order valence-electron chi connectivity index (χ4n) is 3.62. The number of nitrogens with zero attached hydrogens (tertiary/aromatic N) is 2. The Kier molecular flexibility index (Phi) is 6.20. The molecule has 0 radical (unpaired) electrons. The number of pyridine rings is 1. The summed E-state index contributed by atoms with van der Waals surface area (Å²) in [5.41, 5.74) is 4.09. The van der Waals surface area contributed by atoms with Crippen molar-refractivity contribution in [1.82, 2.24) is 4.98 Å². The van der Waals surface area contributed by atoms with Crippen LogP contribution in [-0.2, 0) is 6.42 Å². The first-order valence-corrected chi connectivity index (χ1v) is 11.1. The predicted octanol–water partition coefficient (Wildman–Crippen LogP) is 5.24. The molecule has 158 valence electrons. The molecule has 2 heterocycles. The maximum absolute atomic E-state index is 12.8. The first-order chi connectivity index (χ1) is 15.5. The van der Waals surface area contributed by atoms with Crippen molar-refractivity contribution in [2.45, 2.75) is 25.3 Å². The zero-order chi connectivity index (χ0) is 22.7. The van der Waals surface area contributed by atoms with Gasteiger partial charge in [0.25, 0.3) is 0 Å². The highest BCUT2D eigenvalue weighted by atomic mass is 32.2. The topological polar surface area (TPSA) is 84.0 Å². The van der Waals surface area contributed by atoms with E-state index in [2.05, 4.69) is 11.1 Å². The van der Waals surface area contributed by atoms with Crippen molar-refractivity contribution in [3.8, 4) is 6.07 Å². The number of ketones is 1. The van der Waals surface area contributed by atoms with Gasteiger partial charge in [-0.2, -0.15) is 5.26 Å². The monoisotopic (exact) mass is 440 g/mol. The molecule has 0 spiro atoms. The van der Waals surface area contributed by atoms with Crippen LogP contribution in [0.5, 0.6) is 0 Å². The van der Waals surface area contributed by atoms with Crippen molar-refractivity contribution < 1.29 is 9.21 Å². The number of hydrogen-bond donors (Lipinski definition) is 0. The number of hydrogen-bond acceptors (Lipinski definition) is 6. The van der Waals surface area contributed by atoms with Gasteiger partial charge in [-0.15, -0.1) is 0 Å². The number of carbonyl (C=O) groups is 1. The molecule has 0 aliphatic rings. The number of Topliss-reactive ketones (excluding diaryl/α,β-unsaturated/α-hetero) is 1. The predicted molar refractivity (Wildman–Crippen MR) is 125 cm³/mol. The molecule has 2 aromatic heterocycles. The average Bonchev–Trinajstić information content (AvgIpc) is 2.80. The first-order valence-electron chi connectivity index (χ1n) is 10.1. The number of aryl methyl sites for hydroxylation is 1. The highest BCUT2D eigenvalue weighted by Crippen LogP contribution is 2.29. The molecule has 0 bridgehead atoms. The largest absolute Gasteiger partial charge is 0.422 e. The van der Waals surface area contributed by atoms with Crippen LogP contribution in [0, 0.1) is 25.2 Å². The van der Waals surface area contributed by atoms with Gasteiger partial charge in [0.2, 0.25) is 0 Å². The van der Waals surface area contributed by atoms with Crippen LogP contribution in [0.25, 0.3) is 11.0 Å². The number of carbonyl (C=O) groups excluding carboxylic acids is 1. The summed E-state index contributed by atoms with van der Waals surface area (Å²) in [6, 6.07) is 20.9. The summed E-state index contributed by atoms with van der Waals surface area (Å²) in [6.07, 6.45) is 0.683. The van der Waals surface area contributed by atoms with Gasteiger partial charge in [0.05, 0.1) is 11.3 Å². The van der Waals surface area contributed by atoms with E-state index >= 15 is 0 Å². The van der Waals surface area contributed by atoms with Gasteiger partial charge >= 0.3 is 5.63 Å². The Morgan fingerprint density at radius 1 is 1.09 bits per heavy atom. The van der Waals surface area contributed by atoms with Crippen molar-refractivity contribution >= 4 is 28.5 Å². The molecule has 0 saturated heterocycles. The smallest absolute Gasteiger partial charge is 0.347 e. The molecular weight excluding hydrogens is 420 g/mol. The Balaban J connectivity index is 1.59. The maximum atomic E-state index is 12.8. The Labute approximate surface area is 189 Å². The van der Waals surface area contributed by atoms with E-state index in [1.807, 2.05) is 50.2 Å². The molecule has 6 heteroatoms. The molecule has 0 saturated carbocycles. The summed E-state index contributed by atoms with van der Waals surface area (Å²) in [6.45, 7) is 3.83. The van der Waals surface area contributed by atoms with E-state index in [4.69, 9.17) is 4.42 Å². The third kappa shape index (κ3) is 4.34. The van der Waals surface area contributed by atoms with Crippen LogP contribution < -0.4 is 5.63 Å². The lowest BCUT2D eigenvalue weighted by atomic mass is 9.97. The van der Waals surface area contributed by atoms with Gasteiger partial charge in [0.1, 0.15) is 22.2 Å². The second kappa shape index (κ2) is 9.21. The number of fused-ring (bicyclic) bond motifs is 1. The SMILES string of the molecule is Cc1nc(SCC(=O)c2cc3ccccc3oc2=O)c(C#N)c(C)c1Cc1ccccc1. The Morgan fingerprint density at radius 2 is 1.81 bits per heavy atom. The molecule has 2 aromatic carbocycles. The van der Waals surface area contributed by atoms with E-state index < -0.39 is 5.63 Å². The van der Waals surface area contributed by atoms with Crippen molar-refractivity contribution in [3.05, 3.63) is 105 Å². The Hall–Kier alpha value is -3.69. The summed E-state index contributed by atoms with van der Waals surface area (Å²) in [7, 11) is 0. The lowest BCUT2D eigenvalue weighted by Gasteiger charge is -2.14. The highest BCUT2D eigenvalue weighted by Gasteiger charge is 2.19. The number of rotatable bonds is 6. The van der Waals surface area contributed by atoms with E-state index in [1.165, 1.54) is 11.8 Å². The molecule has 0 atom stereocenters. The van der Waals surface area contributed by atoms with Crippen LogP contribution in [-0.4, -0.2) is 16.5 Å². The molecular formula is C26H20N2O3S. The van der Waals surface area contributed by atoms with E-state index in [0.29, 0.717) is 28.0 Å². The van der Waals surface area contributed by atoms with Gasteiger partial charge in [0, 0.05) is 11.1 Å². The number of nitriles is 1. The van der Waals surface area contributed by atoms with Crippen LogP contribution in [0.2, 0.25) is 0 Å². The molecule has 0 fully saturated rings. The zero-order valence-corrected chi connectivity index (χ0v) is 18.5. The van der Waals surface area contributed by atoms with E-state index in [9.17, 15) is 14.9 Å². The third-order valence-corrected chi connectivity index (χ3v) is 6.34. The van der Waals surface area contributed by atoms with Crippen LogP contribution in [0.1, 0.15) is 38.3 Å². The van der Waals surface area contributed by atoms with Crippen LogP contribution >= 0.6 is 11.8 Å². The molecule has 32 heavy (non-hydrogen) atoms. The highest BCUT2D eigenvalue weighted by molar-refractivity contribution is 8.00. The molecule has 0 aliphatic heterocycles. The van der Waals surface area contributed by atoms with Crippen molar-refractivity contribution in [1.29, 1.82) is 5.26 Å². The summed E-state index contributed by atoms with van der Waals surface area (Å²) < 4.78 is 5.27. The summed E-state index contributed by atoms with van der Waals surface area (Å²) in [4.78, 5) is 29.7. The Bertz CT molecular complexity index is 1420. The van der Waals surface area contributed by atoms with Gasteiger partial charge < -0.3 is 4.42 Å². The van der Waals surface area contributed by atoms with Crippen molar-refractivity contribution in [2.24, 2.45) is 0 Å². The quantitative estimate of drug-likeness (QED) is 0.232. The van der Waals surface area contributed by atoms with E-state index in [1.54, 1.807) is 24.3 Å². The zero-order valence-electron chi connectivity index (χ0n) is 17.7. The van der Waals surface area contributed by atoms with Gasteiger partial charge in [-0.3, -0.25) is 4.79 Å².